The highest BCUT2D eigenvalue weighted by atomic mass is 16.5. The van der Waals surface area contributed by atoms with Gasteiger partial charge in [0.2, 0.25) is 5.91 Å². The number of likely N-dealkylation sites (tertiary alicyclic amines) is 1. The zero-order valence-corrected chi connectivity index (χ0v) is 16.5. The van der Waals surface area contributed by atoms with Gasteiger partial charge in [-0.3, -0.25) is 14.5 Å². The van der Waals surface area contributed by atoms with Crippen molar-refractivity contribution in [3.8, 4) is 11.5 Å². The van der Waals surface area contributed by atoms with E-state index in [4.69, 9.17) is 9.47 Å². The summed E-state index contributed by atoms with van der Waals surface area (Å²) in [5.74, 6) is 1.14. The van der Waals surface area contributed by atoms with Crippen molar-refractivity contribution in [3.05, 3.63) is 23.8 Å². The predicted molar refractivity (Wildman–Crippen MR) is 104 cm³/mol. The van der Waals surface area contributed by atoms with Crippen molar-refractivity contribution >= 4 is 11.8 Å². The molecule has 2 amide bonds. The predicted octanol–water partition coefficient (Wildman–Crippen LogP) is 1.81. The van der Waals surface area contributed by atoms with Gasteiger partial charge in [0.1, 0.15) is 0 Å². The number of hydrogen-bond donors (Lipinski definition) is 2. The van der Waals surface area contributed by atoms with E-state index in [9.17, 15) is 9.59 Å². The van der Waals surface area contributed by atoms with E-state index in [0.29, 0.717) is 30.2 Å². The summed E-state index contributed by atoms with van der Waals surface area (Å²) in [6.07, 6.45) is 2.61. The fraction of sp³-hybridized carbons (Fsp3) is 0.600. The molecule has 150 valence electrons. The minimum absolute atomic E-state index is 0.0702. The van der Waals surface area contributed by atoms with Gasteiger partial charge in [-0.2, -0.15) is 0 Å². The molecule has 0 radical (unpaired) electrons. The maximum absolute atomic E-state index is 12.5. The van der Waals surface area contributed by atoms with E-state index in [1.165, 1.54) is 0 Å². The van der Waals surface area contributed by atoms with Crippen LogP contribution in [0.4, 0.5) is 0 Å². The van der Waals surface area contributed by atoms with Crippen LogP contribution in [0.25, 0.3) is 0 Å². The molecule has 0 aliphatic carbocycles. The number of methoxy groups -OCH3 is 1. The van der Waals surface area contributed by atoms with Crippen LogP contribution in [0.5, 0.6) is 11.5 Å². The highest BCUT2D eigenvalue weighted by Gasteiger charge is 2.22. The van der Waals surface area contributed by atoms with Crippen LogP contribution >= 0.6 is 0 Å². The molecule has 1 heterocycles. The second-order valence-corrected chi connectivity index (χ2v) is 6.67. The Hall–Kier alpha value is -2.28. The van der Waals surface area contributed by atoms with Gasteiger partial charge in [0.25, 0.3) is 5.91 Å². The first-order valence-corrected chi connectivity index (χ1v) is 9.68. The molecule has 7 nitrogen and oxygen atoms in total. The van der Waals surface area contributed by atoms with Gasteiger partial charge in [0.15, 0.2) is 11.5 Å². The summed E-state index contributed by atoms with van der Waals surface area (Å²) < 4.78 is 10.8. The third kappa shape index (κ3) is 6.43. The Labute approximate surface area is 161 Å². The molecule has 1 aromatic carbocycles. The third-order valence-corrected chi connectivity index (χ3v) is 4.59. The first kappa shape index (κ1) is 21.0. The van der Waals surface area contributed by atoms with Crippen LogP contribution in [-0.2, 0) is 4.79 Å². The van der Waals surface area contributed by atoms with Crippen LogP contribution in [-0.4, -0.2) is 62.7 Å². The molecule has 7 heteroatoms. The molecule has 0 unspecified atom stereocenters. The van der Waals surface area contributed by atoms with E-state index in [1.807, 2.05) is 13.8 Å². The molecule has 0 aromatic heterocycles. The molecular weight excluding hydrogens is 346 g/mol. The van der Waals surface area contributed by atoms with Crippen molar-refractivity contribution in [2.24, 2.45) is 0 Å². The lowest BCUT2D eigenvalue weighted by Gasteiger charge is -2.31. The smallest absolute Gasteiger partial charge is 0.251 e. The number of ether oxygens (including phenoxy) is 2. The van der Waals surface area contributed by atoms with Crippen LogP contribution in [0.3, 0.4) is 0 Å². The lowest BCUT2D eigenvalue weighted by atomic mass is 10.0. The van der Waals surface area contributed by atoms with Crippen molar-refractivity contribution < 1.29 is 19.1 Å². The van der Waals surface area contributed by atoms with Crippen LogP contribution < -0.4 is 20.1 Å². The highest BCUT2D eigenvalue weighted by Crippen LogP contribution is 2.28. The van der Waals surface area contributed by atoms with E-state index >= 15 is 0 Å². The zero-order valence-electron chi connectivity index (χ0n) is 16.5. The van der Waals surface area contributed by atoms with Gasteiger partial charge >= 0.3 is 0 Å². The third-order valence-electron chi connectivity index (χ3n) is 4.59. The minimum atomic E-state index is -0.115. The Bertz CT molecular complexity index is 628. The summed E-state index contributed by atoms with van der Waals surface area (Å²) in [6.45, 7) is 7.23. The van der Waals surface area contributed by atoms with Gasteiger partial charge in [-0.1, -0.05) is 6.92 Å². The summed E-state index contributed by atoms with van der Waals surface area (Å²) in [4.78, 5) is 26.5. The van der Waals surface area contributed by atoms with Gasteiger partial charge < -0.3 is 20.1 Å². The van der Waals surface area contributed by atoms with Crippen LogP contribution in [0, 0.1) is 0 Å². The van der Waals surface area contributed by atoms with Crippen LogP contribution in [0.2, 0.25) is 0 Å². The Balaban J connectivity index is 1.83. The maximum Gasteiger partial charge on any atom is 0.251 e. The number of rotatable bonds is 9. The Morgan fingerprint density at radius 2 is 1.93 bits per heavy atom. The standard InChI is InChI=1S/C20H31N3O4/c1-4-10-21-19(24)14-23-11-8-16(9-12-23)22-20(25)15-6-7-17(27-5-2)18(13-15)26-3/h6-7,13,16H,4-5,8-12,14H2,1-3H3,(H,21,24)(H,22,25). The number of hydrogen-bond acceptors (Lipinski definition) is 5. The molecule has 0 atom stereocenters. The normalized spacial score (nSPS) is 15.2. The summed E-state index contributed by atoms with van der Waals surface area (Å²) in [6, 6.07) is 5.32. The van der Waals surface area contributed by atoms with Gasteiger partial charge in [0.05, 0.1) is 20.3 Å². The number of nitrogens with one attached hydrogen (secondary N) is 2. The molecule has 1 aromatic rings. The lowest BCUT2D eigenvalue weighted by molar-refractivity contribution is -0.122. The molecule has 1 saturated heterocycles. The molecule has 0 spiro atoms. The molecule has 0 bridgehead atoms. The lowest BCUT2D eigenvalue weighted by Crippen LogP contribution is -2.47. The van der Waals surface area contributed by atoms with Crippen molar-refractivity contribution in [3.63, 3.8) is 0 Å². The van der Waals surface area contributed by atoms with E-state index in [0.717, 1.165) is 38.9 Å². The van der Waals surface area contributed by atoms with Gasteiger partial charge in [-0.15, -0.1) is 0 Å². The fourth-order valence-electron chi connectivity index (χ4n) is 3.11. The number of nitrogens with zero attached hydrogens (tertiary/aromatic N) is 1. The van der Waals surface area contributed by atoms with E-state index in [1.54, 1.807) is 25.3 Å². The molecule has 27 heavy (non-hydrogen) atoms. The van der Waals surface area contributed by atoms with Crippen molar-refractivity contribution in [1.29, 1.82) is 0 Å². The fourth-order valence-corrected chi connectivity index (χ4v) is 3.11. The SMILES string of the molecule is CCCNC(=O)CN1CCC(NC(=O)c2ccc(OCC)c(OC)c2)CC1. The zero-order chi connectivity index (χ0) is 19.6. The summed E-state index contributed by atoms with van der Waals surface area (Å²) >= 11 is 0. The summed E-state index contributed by atoms with van der Waals surface area (Å²) in [5.41, 5.74) is 0.552. The molecule has 0 saturated carbocycles. The van der Waals surface area contributed by atoms with Crippen molar-refractivity contribution in [1.82, 2.24) is 15.5 Å². The largest absolute Gasteiger partial charge is 0.493 e. The van der Waals surface area contributed by atoms with E-state index in [-0.39, 0.29) is 17.9 Å². The van der Waals surface area contributed by atoms with Gasteiger partial charge in [-0.25, -0.2) is 0 Å². The number of benzene rings is 1. The Morgan fingerprint density at radius 1 is 1.19 bits per heavy atom. The number of carbonyl (C=O) groups excluding carboxylic acids is 2. The Kier molecular flexibility index (Phi) is 8.39. The second-order valence-electron chi connectivity index (χ2n) is 6.67. The molecular formula is C20H31N3O4. The second kappa shape index (κ2) is 10.8. The quantitative estimate of drug-likeness (QED) is 0.686. The summed E-state index contributed by atoms with van der Waals surface area (Å²) in [7, 11) is 1.56. The number of carbonyl (C=O) groups is 2. The molecule has 2 N–H and O–H groups in total. The monoisotopic (exact) mass is 377 g/mol. The van der Waals surface area contributed by atoms with Crippen molar-refractivity contribution in [2.75, 3.05) is 39.9 Å². The molecule has 2 rings (SSSR count). The average Bonchev–Trinajstić information content (AvgIpc) is 2.68. The van der Waals surface area contributed by atoms with E-state index < -0.39 is 0 Å². The van der Waals surface area contributed by atoms with Crippen LogP contribution in [0.15, 0.2) is 18.2 Å². The molecule has 1 aliphatic rings. The number of piperidine rings is 1. The van der Waals surface area contributed by atoms with Crippen molar-refractivity contribution in [2.45, 2.75) is 39.2 Å². The first-order valence-electron chi connectivity index (χ1n) is 9.68. The number of amides is 2. The highest BCUT2D eigenvalue weighted by molar-refractivity contribution is 5.95. The Morgan fingerprint density at radius 3 is 2.56 bits per heavy atom. The van der Waals surface area contributed by atoms with Gasteiger partial charge in [0, 0.05) is 31.2 Å². The average molecular weight is 377 g/mol. The van der Waals surface area contributed by atoms with Gasteiger partial charge in [-0.05, 0) is 44.4 Å². The topological polar surface area (TPSA) is 79.9 Å². The summed E-state index contributed by atoms with van der Waals surface area (Å²) in [5, 5.41) is 5.98. The first-order chi connectivity index (χ1) is 13.1. The maximum atomic E-state index is 12.5. The molecule has 1 fully saturated rings. The van der Waals surface area contributed by atoms with Crippen LogP contribution in [0.1, 0.15) is 43.5 Å². The molecule has 1 aliphatic heterocycles. The minimum Gasteiger partial charge on any atom is -0.493 e. The van der Waals surface area contributed by atoms with E-state index in [2.05, 4.69) is 15.5 Å².